The first-order valence-electron chi connectivity index (χ1n) is 10.1. The SMILES string of the molecule is COc1ccc(-c2nccn2CCC2CCCN2C)cc1-c1ccc(F)c(C)n1. The molecule has 0 aliphatic carbocycles. The van der Waals surface area contributed by atoms with E-state index in [0.29, 0.717) is 23.2 Å². The summed E-state index contributed by atoms with van der Waals surface area (Å²) in [5.41, 5.74) is 2.89. The minimum absolute atomic E-state index is 0.309. The maximum absolute atomic E-state index is 13.7. The van der Waals surface area contributed by atoms with Crippen LogP contribution in [0.1, 0.15) is 25.0 Å². The van der Waals surface area contributed by atoms with Gasteiger partial charge < -0.3 is 14.2 Å². The molecule has 29 heavy (non-hydrogen) atoms. The van der Waals surface area contributed by atoms with Crippen molar-refractivity contribution in [3.63, 3.8) is 0 Å². The van der Waals surface area contributed by atoms with Gasteiger partial charge in [-0.15, -0.1) is 0 Å². The number of rotatable bonds is 6. The summed E-state index contributed by atoms with van der Waals surface area (Å²) in [6.45, 7) is 3.79. The highest BCUT2D eigenvalue weighted by atomic mass is 19.1. The van der Waals surface area contributed by atoms with Crippen molar-refractivity contribution in [3.05, 3.63) is 54.2 Å². The number of likely N-dealkylation sites (tertiary alicyclic amines) is 1. The van der Waals surface area contributed by atoms with Gasteiger partial charge in [-0.3, -0.25) is 0 Å². The minimum Gasteiger partial charge on any atom is -0.496 e. The van der Waals surface area contributed by atoms with Crippen LogP contribution in [0.3, 0.4) is 0 Å². The number of methoxy groups -OCH3 is 1. The van der Waals surface area contributed by atoms with Crippen LogP contribution in [0.5, 0.6) is 5.75 Å². The average Bonchev–Trinajstić information content (AvgIpc) is 3.36. The van der Waals surface area contributed by atoms with Gasteiger partial charge >= 0.3 is 0 Å². The summed E-state index contributed by atoms with van der Waals surface area (Å²) in [4.78, 5) is 11.5. The molecule has 0 bridgehead atoms. The molecule has 1 fully saturated rings. The molecule has 4 rings (SSSR count). The fraction of sp³-hybridized carbons (Fsp3) is 0.391. The molecule has 3 heterocycles. The summed E-state index contributed by atoms with van der Waals surface area (Å²) >= 11 is 0. The van der Waals surface area contributed by atoms with Crippen molar-refractivity contribution < 1.29 is 9.13 Å². The van der Waals surface area contributed by atoms with Gasteiger partial charge in [-0.05, 0) is 70.1 Å². The van der Waals surface area contributed by atoms with Crippen molar-refractivity contribution in [1.82, 2.24) is 19.4 Å². The Morgan fingerprint density at radius 3 is 2.83 bits per heavy atom. The topological polar surface area (TPSA) is 43.2 Å². The quantitative estimate of drug-likeness (QED) is 0.615. The highest BCUT2D eigenvalue weighted by Gasteiger charge is 2.21. The maximum Gasteiger partial charge on any atom is 0.144 e. The molecular formula is C23H27FN4O. The van der Waals surface area contributed by atoms with Gasteiger partial charge in [0.1, 0.15) is 17.4 Å². The van der Waals surface area contributed by atoms with Crippen LogP contribution in [-0.4, -0.2) is 46.2 Å². The Bertz CT molecular complexity index is 1000. The van der Waals surface area contributed by atoms with E-state index in [-0.39, 0.29) is 5.82 Å². The third kappa shape index (κ3) is 4.03. The lowest BCUT2D eigenvalue weighted by atomic mass is 10.0. The van der Waals surface area contributed by atoms with Gasteiger partial charge in [0.15, 0.2) is 0 Å². The number of ether oxygens (including phenoxy) is 1. The van der Waals surface area contributed by atoms with Crippen molar-refractivity contribution in [1.29, 1.82) is 0 Å². The van der Waals surface area contributed by atoms with Crippen molar-refractivity contribution in [2.45, 2.75) is 38.8 Å². The summed E-state index contributed by atoms with van der Waals surface area (Å²) in [6, 6.07) is 9.74. The standard InChI is InChI=1S/C23H27FN4O/c1-16-20(24)7-8-21(26-16)19-15-17(6-9-22(19)29-3)23-25-11-14-28(23)13-10-18-5-4-12-27(18)2/h6-9,11,14-15,18H,4-5,10,12-13H2,1-3H3. The van der Waals surface area contributed by atoms with Crippen molar-refractivity contribution in [3.8, 4) is 28.4 Å². The molecule has 1 aliphatic rings. The predicted molar refractivity (Wildman–Crippen MR) is 112 cm³/mol. The van der Waals surface area contributed by atoms with Crippen LogP contribution in [-0.2, 0) is 6.54 Å². The van der Waals surface area contributed by atoms with Gasteiger partial charge in [-0.1, -0.05) is 0 Å². The highest BCUT2D eigenvalue weighted by Crippen LogP contribution is 2.33. The molecule has 1 aromatic carbocycles. The van der Waals surface area contributed by atoms with Gasteiger partial charge in [0.25, 0.3) is 0 Å². The highest BCUT2D eigenvalue weighted by molar-refractivity contribution is 5.74. The first-order chi connectivity index (χ1) is 14.1. The Labute approximate surface area is 171 Å². The van der Waals surface area contributed by atoms with E-state index in [1.807, 2.05) is 30.6 Å². The summed E-state index contributed by atoms with van der Waals surface area (Å²) in [5.74, 6) is 1.32. The summed E-state index contributed by atoms with van der Waals surface area (Å²) in [7, 11) is 3.84. The number of aromatic nitrogens is 3. The number of imidazole rings is 1. The average molecular weight is 394 g/mol. The molecule has 1 unspecified atom stereocenters. The predicted octanol–water partition coefficient (Wildman–Crippen LogP) is 4.55. The molecule has 6 heteroatoms. The smallest absolute Gasteiger partial charge is 0.144 e. The normalized spacial score (nSPS) is 17.0. The van der Waals surface area contributed by atoms with Gasteiger partial charge in [-0.25, -0.2) is 14.4 Å². The van der Waals surface area contributed by atoms with Crippen LogP contribution in [0.25, 0.3) is 22.6 Å². The molecule has 5 nitrogen and oxygen atoms in total. The van der Waals surface area contributed by atoms with Crippen LogP contribution in [0.4, 0.5) is 4.39 Å². The monoisotopic (exact) mass is 394 g/mol. The van der Waals surface area contributed by atoms with Crippen molar-refractivity contribution >= 4 is 0 Å². The lowest BCUT2D eigenvalue weighted by molar-refractivity contribution is 0.286. The van der Waals surface area contributed by atoms with E-state index in [2.05, 4.69) is 26.5 Å². The molecule has 1 saturated heterocycles. The Balaban J connectivity index is 1.64. The van der Waals surface area contributed by atoms with E-state index < -0.39 is 0 Å². The van der Waals surface area contributed by atoms with Crippen LogP contribution in [0.2, 0.25) is 0 Å². The van der Waals surface area contributed by atoms with Crippen LogP contribution in [0, 0.1) is 12.7 Å². The zero-order valence-corrected chi connectivity index (χ0v) is 17.2. The number of halogens is 1. The molecule has 1 atom stereocenters. The zero-order chi connectivity index (χ0) is 20.4. The maximum atomic E-state index is 13.7. The van der Waals surface area contributed by atoms with E-state index in [9.17, 15) is 4.39 Å². The molecule has 3 aromatic rings. The Hall–Kier alpha value is -2.73. The van der Waals surface area contributed by atoms with E-state index >= 15 is 0 Å². The molecular weight excluding hydrogens is 367 g/mol. The number of aryl methyl sites for hydroxylation is 2. The molecule has 0 radical (unpaired) electrons. The third-order valence-corrected chi connectivity index (χ3v) is 5.85. The summed E-state index contributed by atoms with van der Waals surface area (Å²) < 4.78 is 21.4. The Morgan fingerprint density at radius 1 is 1.24 bits per heavy atom. The second-order valence-electron chi connectivity index (χ2n) is 7.69. The lowest BCUT2D eigenvalue weighted by Gasteiger charge is -2.20. The molecule has 0 saturated carbocycles. The third-order valence-electron chi connectivity index (χ3n) is 5.85. The second kappa shape index (κ2) is 8.33. The van der Waals surface area contributed by atoms with Crippen molar-refractivity contribution in [2.75, 3.05) is 20.7 Å². The number of nitrogens with zero attached hydrogens (tertiary/aromatic N) is 4. The molecule has 0 spiro atoms. The lowest BCUT2D eigenvalue weighted by Crippen LogP contribution is -2.26. The fourth-order valence-electron chi connectivity index (χ4n) is 4.12. The second-order valence-corrected chi connectivity index (χ2v) is 7.69. The molecule has 0 N–H and O–H groups in total. The number of hydrogen-bond acceptors (Lipinski definition) is 4. The first-order valence-corrected chi connectivity index (χ1v) is 10.1. The number of pyridine rings is 1. The zero-order valence-electron chi connectivity index (χ0n) is 17.2. The van der Waals surface area contributed by atoms with E-state index in [4.69, 9.17) is 4.74 Å². The minimum atomic E-state index is -0.309. The summed E-state index contributed by atoms with van der Waals surface area (Å²) in [6.07, 6.45) is 7.54. The van der Waals surface area contributed by atoms with Gasteiger partial charge in [0, 0.05) is 36.1 Å². The van der Waals surface area contributed by atoms with Crippen LogP contribution < -0.4 is 4.74 Å². The molecule has 1 aliphatic heterocycles. The first kappa shape index (κ1) is 19.6. The van der Waals surface area contributed by atoms with E-state index in [1.165, 1.54) is 25.5 Å². The van der Waals surface area contributed by atoms with Crippen LogP contribution in [0.15, 0.2) is 42.7 Å². The van der Waals surface area contributed by atoms with E-state index in [1.54, 1.807) is 20.1 Å². The van der Waals surface area contributed by atoms with Gasteiger partial charge in [0.05, 0.1) is 18.5 Å². The number of hydrogen-bond donors (Lipinski definition) is 0. The molecule has 152 valence electrons. The fourth-order valence-corrected chi connectivity index (χ4v) is 4.12. The summed E-state index contributed by atoms with van der Waals surface area (Å²) in [5, 5.41) is 0. The molecule has 0 amide bonds. The largest absolute Gasteiger partial charge is 0.496 e. The van der Waals surface area contributed by atoms with Gasteiger partial charge in [-0.2, -0.15) is 0 Å². The van der Waals surface area contributed by atoms with Gasteiger partial charge in [0.2, 0.25) is 0 Å². The van der Waals surface area contributed by atoms with Crippen LogP contribution >= 0.6 is 0 Å². The number of benzene rings is 1. The Morgan fingerprint density at radius 2 is 2.10 bits per heavy atom. The molecule has 2 aromatic heterocycles. The Kier molecular flexibility index (Phi) is 5.62. The van der Waals surface area contributed by atoms with E-state index in [0.717, 1.165) is 29.9 Å². The van der Waals surface area contributed by atoms with Crippen molar-refractivity contribution in [2.24, 2.45) is 0 Å².